The molecule has 0 heterocycles. The first-order valence-electron chi connectivity index (χ1n) is 3.41. The second kappa shape index (κ2) is 3.97. The average Bonchev–Trinajstić information content (AvgIpc) is 1.14. The Balaban J connectivity index is 0. The van der Waals surface area contributed by atoms with Crippen molar-refractivity contribution in [2.75, 3.05) is 0 Å². The molecule has 10 heavy (non-hydrogen) atoms. The second-order valence-electron chi connectivity index (χ2n) is 4.33. The fourth-order valence-electron chi connectivity index (χ4n) is 0.919. The van der Waals surface area contributed by atoms with Crippen LogP contribution in [0.5, 0.6) is 0 Å². The van der Waals surface area contributed by atoms with Crippen molar-refractivity contribution in [3.8, 4) is 0 Å². The smallest absolute Gasteiger partial charge is 0.101 e. The Labute approximate surface area is 72.1 Å². The summed E-state index contributed by atoms with van der Waals surface area (Å²) >= 11 is 0. The first-order valence-corrected chi connectivity index (χ1v) is 12.7. The molecule has 0 aliphatic heterocycles. The topological polar surface area (TPSA) is 0 Å². The van der Waals surface area contributed by atoms with Crippen LogP contribution in [0.25, 0.3) is 0 Å². The van der Waals surface area contributed by atoms with Crippen LogP contribution in [-0.4, -0.2) is 14.4 Å². The van der Waals surface area contributed by atoms with Crippen molar-refractivity contribution >= 4 is 25.1 Å². The first kappa shape index (κ1) is 13.4. The summed E-state index contributed by atoms with van der Waals surface area (Å²) in [5.74, 6) is 0. The van der Waals surface area contributed by atoms with Crippen LogP contribution < -0.4 is 0 Å². The largest absolute Gasteiger partial charge is 0.206 e. The molecular weight excluding hydrogens is 172 g/mol. The summed E-state index contributed by atoms with van der Waals surface area (Å²) < 4.78 is 0. The van der Waals surface area contributed by atoms with Gasteiger partial charge in [0, 0.05) is 0 Å². The second-order valence-corrected chi connectivity index (χ2v) is 22.8. The van der Waals surface area contributed by atoms with Crippen LogP contribution in [0.1, 0.15) is 7.43 Å². The molecule has 0 radical (unpaired) electrons. The van der Waals surface area contributed by atoms with Gasteiger partial charge < -0.3 is 0 Å². The van der Waals surface area contributed by atoms with Gasteiger partial charge in [-0.3, -0.25) is 0 Å². The first-order chi connectivity index (χ1) is 3.71. The maximum atomic E-state index is 2.43. The highest BCUT2D eigenvalue weighted by molar-refractivity contribution is 8.49. The standard InChI is InChI=1S/C6H18SSi2.CH4/c1-8(2,3)7-9(4,5)6;/h1-6H3;1H4. The molecule has 0 spiro atoms. The molecule has 0 aliphatic rings. The van der Waals surface area contributed by atoms with Gasteiger partial charge in [0.05, 0.1) is 0 Å². The van der Waals surface area contributed by atoms with Crippen LogP contribution in [0.15, 0.2) is 0 Å². The molecule has 0 atom stereocenters. The summed E-state index contributed by atoms with van der Waals surface area (Å²) in [6.45, 7) is 14.6. The Hall–Kier alpha value is 0.784. The molecule has 0 aromatic carbocycles. The van der Waals surface area contributed by atoms with E-state index in [9.17, 15) is 0 Å². The zero-order valence-electron chi connectivity index (χ0n) is 7.41. The van der Waals surface area contributed by atoms with Crippen molar-refractivity contribution in [1.29, 1.82) is 0 Å². The quantitative estimate of drug-likeness (QED) is 0.598. The molecule has 0 saturated heterocycles. The van der Waals surface area contributed by atoms with Crippen LogP contribution in [0, 0.1) is 0 Å². The van der Waals surface area contributed by atoms with E-state index in [-0.39, 0.29) is 7.43 Å². The lowest BCUT2D eigenvalue weighted by Crippen LogP contribution is -2.27. The zero-order chi connectivity index (χ0) is 7.71. The Morgan fingerprint density at radius 1 is 0.700 bits per heavy atom. The van der Waals surface area contributed by atoms with Crippen molar-refractivity contribution in [3.05, 3.63) is 0 Å². The normalized spacial score (nSPS) is 12.6. The highest BCUT2D eigenvalue weighted by Gasteiger charge is 2.24. The lowest BCUT2D eigenvalue weighted by Gasteiger charge is -2.25. The van der Waals surface area contributed by atoms with E-state index >= 15 is 0 Å². The van der Waals surface area contributed by atoms with Crippen LogP contribution in [0.4, 0.5) is 0 Å². The van der Waals surface area contributed by atoms with Gasteiger partial charge >= 0.3 is 0 Å². The van der Waals surface area contributed by atoms with Gasteiger partial charge in [-0.25, -0.2) is 10.7 Å². The Morgan fingerprint density at radius 2 is 0.900 bits per heavy atom. The van der Waals surface area contributed by atoms with E-state index < -0.39 is 14.4 Å². The Bertz CT molecular complexity index is 76.8. The zero-order valence-corrected chi connectivity index (χ0v) is 10.2. The maximum Gasteiger partial charge on any atom is 0.101 e. The molecular formula is C7H22SSi2. The van der Waals surface area contributed by atoms with Crippen molar-refractivity contribution in [2.45, 2.75) is 46.7 Å². The van der Waals surface area contributed by atoms with Gasteiger partial charge in [-0.1, -0.05) is 46.7 Å². The van der Waals surface area contributed by atoms with Gasteiger partial charge in [0.2, 0.25) is 0 Å². The van der Waals surface area contributed by atoms with E-state index in [0.29, 0.717) is 0 Å². The molecule has 3 heteroatoms. The minimum atomic E-state index is -0.814. The van der Waals surface area contributed by atoms with Crippen molar-refractivity contribution in [1.82, 2.24) is 0 Å². The van der Waals surface area contributed by atoms with Gasteiger partial charge in [0.25, 0.3) is 0 Å². The molecule has 0 amide bonds. The highest BCUT2D eigenvalue weighted by Crippen LogP contribution is 2.29. The average molecular weight is 194 g/mol. The third-order valence-electron chi connectivity index (χ3n) is 0.612. The van der Waals surface area contributed by atoms with Crippen molar-refractivity contribution in [3.63, 3.8) is 0 Å². The lowest BCUT2D eigenvalue weighted by atomic mass is 11.8. The van der Waals surface area contributed by atoms with Crippen LogP contribution >= 0.6 is 10.7 Å². The highest BCUT2D eigenvalue weighted by atomic mass is 32.5. The number of hydrogen-bond donors (Lipinski definition) is 0. The molecule has 0 nitrogen and oxygen atoms in total. The van der Waals surface area contributed by atoms with Crippen LogP contribution in [0.3, 0.4) is 0 Å². The predicted molar refractivity (Wildman–Crippen MR) is 61.0 cm³/mol. The molecule has 0 aromatic heterocycles. The fourth-order valence-corrected chi connectivity index (χ4v) is 24.8. The predicted octanol–water partition coefficient (Wildman–Crippen LogP) is 4.03. The third-order valence-corrected chi connectivity index (χ3v) is 16.5. The van der Waals surface area contributed by atoms with Crippen LogP contribution in [0.2, 0.25) is 39.3 Å². The van der Waals surface area contributed by atoms with E-state index in [4.69, 9.17) is 0 Å². The SMILES string of the molecule is C.C[Si](C)(C)S[Si](C)(C)C. The maximum absolute atomic E-state index is 2.43. The third kappa shape index (κ3) is 11.6. The molecule has 64 valence electrons. The molecule has 0 aromatic rings. The van der Waals surface area contributed by atoms with Crippen LogP contribution in [-0.2, 0) is 0 Å². The van der Waals surface area contributed by atoms with Gasteiger partial charge in [-0.2, -0.15) is 0 Å². The van der Waals surface area contributed by atoms with E-state index in [2.05, 4.69) is 49.9 Å². The Kier molecular flexibility index (Phi) is 5.32. The van der Waals surface area contributed by atoms with E-state index in [1.807, 2.05) is 0 Å². The summed E-state index contributed by atoms with van der Waals surface area (Å²) in [5, 5.41) is 0. The fraction of sp³-hybridized carbons (Fsp3) is 1.00. The summed E-state index contributed by atoms with van der Waals surface area (Å²) in [6, 6.07) is 0. The summed E-state index contributed by atoms with van der Waals surface area (Å²) in [7, 11) is 0.663. The van der Waals surface area contributed by atoms with Gasteiger partial charge in [0.15, 0.2) is 0 Å². The van der Waals surface area contributed by atoms with E-state index in [1.54, 1.807) is 0 Å². The molecule has 0 fully saturated rings. The summed E-state index contributed by atoms with van der Waals surface area (Å²) in [6.07, 6.45) is 0. The molecule has 0 saturated carbocycles. The molecule has 0 unspecified atom stereocenters. The lowest BCUT2D eigenvalue weighted by molar-refractivity contribution is 1.85. The monoisotopic (exact) mass is 194 g/mol. The minimum absolute atomic E-state index is 0. The molecule has 0 rings (SSSR count). The summed E-state index contributed by atoms with van der Waals surface area (Å²) in [5.41, 5.74) is 0. The van der Waals surface area contributed by atoms with Gasteiger partial charge in [-0.15, -0.1) is 0 Å². The molecule has 0 N–H and O–H groups in total. The van der Waals surface area contributed by atoms with Crippen molar-refractivity contribution in [2.24, 2.45) is 0 Å². The molecule has 0 aliphatic carbocycles. The van der Waals surface area contributed by atoms with Gasteiger partial charge in [0.1, 0.15) is 14.4 Å². The van der Waals surface area contributed by atoms with Gasteiger partial charge in [-0.05, 0) is 0 Å². The summed E-state index contributed by atoms with van der Waals surface area (Å²) in [4.78, 5) is 0. The van der Waals surface area contributed by atoms with E-state index in [1.165, 1.54) is 0 Å². The molecule has 0 bridgehead atoms. The van der Waals surface area contributed by atoms with Crippen molar-refractivity contribution < 1.29 is 0 Å². The number of hydrogen-bond acceptors (Lipinski definition) is 1. The number of rotatable bonds is 2. The Morgan fingerprint density at radius 3 is 0.900 bits per heavy atom. The van der Waals surface area contributed by atoms with E-state index in [0.717, 1.165) is 0 Å². The minimum Gasteiger partial charge on any atom is -0.206 e.